The summed E-state index contributed by atoms with van der Waals surface area (Å²) >= 11 is 0. The maximum atomic E-state index is 14.0. The van der Waals surface area contributed by atoms with Gasteiger partial charge in [-0.1, -0.05) is 12.1 Å². The lowest BCUT2D eigenvalue weighted by Gasteiger charge is -2.35. The van der Waals surface area contributed by atoms with Crippen molar-refractivity contribution in [3.8, 4) is 0 Å². The zero-order valence-electron chi connectivity index (χ0n) is 13.5. The molecular formula is C17H22FN5. The van der Waals surface area contributed by atoms with Crippen LogP contribution in [0.5, 0.6) is 0 Å². The zero-order chi connectivity index (χ0) is 16.2. The number of rotatable bonds is 4. The van der Waals surface area contributed by atoms with Crippen LogP contribution in [-0.4, -0.2) is 43.2 Å². The van der Waals surface area contributed by atoms with Crippen LogP contribution in [0.2, 0.25) is 0 Å². The molecule has 1 saturated heterocycles. The summed E-state index contributed by atoms with van der Waals surface area (Å²) in [6.45, 7) is 1.62. The molecule has 0 amide bonds. The Kier molecular flexibility index (Phi) is 4.60. The molecule has 1 fully saturated rings. The number of hydrogen-bond donors (Lipinski definition) is 1. The molecule has 2 aromatic rings. The van der Waals surface area contributed by atoms with E-state index in [1.807, 2.05) is 37.2 Å². The number of aromatic nitrogens is 2. The van der Waals surface area contributed by atoms with Crippen molar-refractivity contribution in [2.75, 3.05) is 42.3 Å². The van der Waals surface area contributed by atoms with Gasteiger partial charge in [-0.15, -0.1) is 0 Å². The molecule has 0 saturated carbocycles. The van der Waals surface area contributed by atoms with E-state index in [1.54, 1.807) is 12.3 Å². The molecule has 5 nitrogen and oxygen atoms in total. The minimum absolute atomic E-state index is 0.168. The quantitative estimate of drug-likeness (QED) is 0.940. The van der Waals surface area contributed by atoms with Gasteiger partial charge >= 0.3 is 0 Å². The van der Waals surface area contributed by atoms with Gasteiger partial charge in [0.1, 0.15) is 11.6 Å². The Morgan fingerprint density at radius 3 is 2.87 bits per heavy atom. The number of piperidine rings is 1. The number of benzene rings is 1. The standard InChI is InChI=1S/C17H22FN5/c1-22(2)16-9-10-19-17(21-16)20-13-6-5-11-23(12-13)15-8-4-3-7-14(15)18/h3-4,7-10,13H,5-6,11-12H2,1-2H3,(H,19,20,21). The summed E-state index contributed by atoms with van der Waals surface area (Å²) < 4.78 is 14.0. The smallest absolute Gasteiger partial charge is 0.224 e. The van der Waals surface area contributed by atoms with Gasteiger partial charge in [0.2, 0.25) is 5.95 Å². The molecule has 0 bridgehead atoms. The predicted molar refractivity (Wildman–Crippen MR) is 91.6 cm³/mol. The summed E-state index contributed by atoms with van der Waals surface area (Å²) in [6.07, 6.45) is 3.79. The Hall–Kier alpha value is -2.37. The number of halogens is 1. The molecule has 2 heterocycles. The van der Waals surface area contributed by atoms with Crippen molar-refractivity contribution in [3.05, 3.63) is 42.3 Å². The van der Waals surface area contributed by atoms with E-state index in [0.29, 0.717) is 11.6 Å². The topological polar surface area (TPSA) is 44.3 Å². The van der Waals surface area contributed by atoms with Crippen molar-refractivity contribution >= 4 is 17.5 Å². The highest BCUT2D eigenvalue weighted by Crippen LogP contribution is 2.24. The number of nitrogens with zero attached hydrogens (tertiary/aromatic N) is 4. The lowest BCUT2D eigenvalue weighted by atomic mass is 10.0. The lowest BCUT2D eigenvalue weighted by Crippen LogP contribution is -2.42. The molecule has 0 spiro atoms. The van der Waals surface area contributed by atoms with Gasteiger partial charge < -0.3 is 15.1 Å². The molecule has 0 aliphatic carbocycles. The van der Waals surface area contributed by atoms with Crippen molar-refractivity contribution < 1.29 is 4.39 Å². The summed E-state index contributed by atoms with van der Waals surface area (Å²) in [5.74, 6) is 1.32. The summed E-state index contributed by atoms with van der Waals surface area (Å²) in [4.78, 5) is 12.8. The van der Waals surface area contributed by atoms with E-state index in [9.17, 15) is 4.39 Å². The number of hydrogen-bond acceptors (Lipinski definition) is 5. The fourth-order valence-electron chi connectivity index (χ4n) is 2.87. The normalized spacial score (nSPS) is 17.9. The van der Waals surface area contributed by atoms with Crippen LogP contribution in [-0.2, 0) is 0 Å². The van der Waals surface area contributed by atoms with Crippen molar-refractivity contribution in [1.82, 2.24) is 9.97 Å². The van der Waals surface area contributed by atoms with E-state index in [1.165, 1.54) is 6.07 Å². The van der Waals surface area contributed by atoms with E-state index in [-0.39, 0.29) is 11.9 Å². The highest BCUT2D eigenvalue weighted by atomic mass is 19.1. The fraction of sp³-hybridized carbons (Fsp3) is 0.412. The average Bonchev–Trinajstić information content (AvgIpc) is 2.56. The molecule has 3 rings (SSSR count). The van der Waals surface area contributed by atoms with Crippen LogP contribution in [0.3, 0.4) is 0 Å². The summed E-state index contributed by atoms with van der Waals surface area (Å²) in [5.41, 5.74) is 0.668. The van der Waals surface area contributed by atoms with Gasteiger partial charge in [-0.3, -0.25) is 0 Å². The Labute approximate surface area is 136 Å². The first-order valence-electron chi connectivity index (χ1n) is 7.90. The summed E-state index contributed by atoms with van der Waals surface area (Å²) in [5, 5.41) is 3.38. The number of anilines is 3. The highest BCUT2D eigenvalue weighted by molar-refractivity contribution is 5.49. The van der Waals surface area contributed by atoms with Crippen molar-refractivity contribution in [3.63, 3.8) is 0 Å². The molecule has 6 heteroatoms. The van der Waals surface area contributed by atoms with E-state index < -0.39 is 0 Å². The molecule has 1 N–H and O–H groups in total. The molecule has 23 heavy (non-hydrogen) atoms. The molecular weight excluding hydrogens is 293 g/mol. The van der Waals surface area contributed by atoms with Crippen molar-refractivity contribution in [2.45, 2.75) is 18.9 Å². The minimum Gasteiger partial charge on any atom is -0.367 e. The molecule has 1 aromatic carbocycles. The van der Waals surface area contributed by atoms with Crippen molar-refractivity contribution in [2.24, 2.45) is 0 Å². The first kappa shape index (κ1) is 15.5. The molecule has 0 radical (unpaired) electrons. The summed E-state index contributed by atoms with van der Waals surface area (Å²) in [6, 6.07) is 9.02. The zero-order valence-corrected chi connectivity index (χ0v) is 13.5. The van der Waals surface area contributed by atoms with E-state index >= 15 is 0 Å². The lowest BCUT2D eigenvalue weighted by molar-refractivity contribution is 0.517. The van der Waals surface area contributed by atoms with Gasteiger partial charge in [-0.2, -0.15) is 4.98 Å². The molecule has 1 unspecified atom stereocenters. The maximum absolute atomic E-state index is 14.0. The van der Waals surface area contributed by atoms with E-state index in [0.717, 1.165) is 31.7 Å². The van der Waals surface area contributed by atoms with Crippen LogP contribution in [0.1, 0.15) is 12.8 Å². The van der Waals surface area contributed by atoms with Gasteiger partial charge in [0.25, 0.3) is 0 Å². The van der Waals surface area contributed by atoms with E-state index in [2.05, 4.69) is 20.2 Å². The van der Waals surface area contributed by atoms with Crippen LogP contribution in [0.25, 0.3) is 0 Å². The molecule has 122 valence electrons. The third-order valence-electron chi connectivity index (χ3n) is 4.05. The molecule has 1 aromatic heterocycles. The fourth-order valence-corrected chi connectivity index (χ4v) is 2.87. The van der Waals surface area contributed by atoms with Gasteiger partial charge in [-0.05, 0) is 31.0 Å². The molecule has 1 aliphatic rings. The van der Waals surface area contributed by atoms with Crippen LogP contribution in [0.4, 0.5) is 21.8 Å². The number of para-hydroxylation sites is 1. The van der Waals surface area contributed by atoms with Crippen molar-refractivity contribution in [1.29, 1.82) is 0 Å². The summed E-state index contributed by atoms with van der Waals surface area (Å²) in [7, 11) is 3.90. The predicted octanol–water partition coefficient (Wildman–Crippen LogP) is 2.76. The van der Waals surface area contributed by atoms with Gasteiger partial charge in [0.15, 0.2) is 0 Å². The van der Waals surface area contributed by atoms with Crippen LogP contribution in [0, 0.1) is 5.82 Å². The average molecular weight is 315 g/mol. The second kappa shape index (κ2) is 6.81. The Bertz CT molecular complexity index is 661. The van der Waals surface area contributed by atoms with Crippen LogP contribution < -0.4 is 15.1 Å². The monoisotopic (exact) mass is 315 g/mol. The third kappa shape index (κ3) is 3.70. The largest absolute Gasteiger partial charge is 0.367 e. The Balaban J connectivity index is 1.70. The maximum Gasteiger partial charge on any atom is 0.224 e. The van der Waals surface area contributed by atoms with Gasteiger partial charge in [0.05, 0.1) is 5.69 Å². The first-order chi connectivity index (χ1) is 11.1. The van der Waals surface area contributed by atoms with Crippen LogP contribution in [0.15, 0.2) is 36.5 Å². The second-order valence-electron chi connectivity index (χ2n) is 6.01. The Morgan fingerprint density at radius 1 is 1.26 bits per heavy atom. The third-order valence-corrected chi connectivity index (χ3v) is 4.05. The van der Waals surface area contributed by atoms with Crippen LogP contribution >= 0.6 is 0 Å². The molecule has 1 atom stereocenters. The SMILES string of the molecule is CN(C)c1ccnc(NC2CCCN(c3ccccc3F)C2)n1. The first-order valence-corrected chi connectivity index (χ1v) is 7.90. The molecule has 1 aliphatic heterocycles. The Morgan fingerprint density at radius 2 is 2.09 bits per heavy atom. The second-order valence-corrected chi connectivity index (χ2v) is 6.01. The van der Waals surface area contributed by atoms with Gasteiger partial charge in [0, 0.05) is 39.4 Å². The highest BCUT2D eigenvalue weighted by Gasteiger charge is 2.22. The number of nitrogens with one attached hydrogen (secondary N) is 1. The van der Waals surface area contributed by atoms with E-state index in [4.69, 9.17) is 0 Å². The minimum atomic E-state index is -0.168. The van der Waals surface area contributed by atoms with Gasteiger partial charge in [-0.25, -0.2) is 9.37 Å².